The Morgan fingerprint density at radius 3 is 2.56 bits per heavy atom. The summed E-state index contributed by atoms with van der Waals surface area (Å²) in [5.74, 6) is 0.312. The largest absolute Gasteiger partial charge is 0.482 e. The van der Waals surface area contributed by atoms with Crippen molar-refractivity contribution in [2.75, 3.05) is 40.0 Å². The van der Waals surface area contributed by atoms with E-state index in [0.29, 0.717) is 30.5 Å². The van der Waals surface area contributed by atoms with Crippen LogP contribution in [0.15, 0.2) is 48.5 Å². The third-order valence-electron chi connectivity index (χ3n) is 3.50. The molecule has 0 aliphatic heterocycles. The predicted molar refractivity (Wildman–Crippen MR) is 100 cm³/mol. The molecule has 2 aromatic carbocycles. The third-order valence-corrected chi connectivity index (χ3v) is 3.80. The lowest BCUT2D eigenvalue weighted by molar-refractivity contribution is -0.123. The van der Waals surface area contributed by atoms with E-state index in [9.17, 15) is 4.79 Å². The van der Waals surface area contributed by atoms with Gasteiger partial charge in [-0.3, -0.25) is 4.79 Å². The van der Waals surface area contributed by atoms with Crippen molar-refractivity contribution in [3.63, 3.8) is 0 Å². The molecule has 2 aromatic rings. The molecular weight excluding hydrogens is 340 g/mol. The topological polar surface area (TPSA) is 59.6 Å². The molecule has 0 unspecified atom stereocenters. The van der Waals surface area contributed by atoms with Gasteiger partial charge in [0.05, 0.1) is 11.6 Å². The summed E-state index contributed by atoms with van der Waals surface area (Å²) in [6.45, 7) is 2.55. The van der Waals surface area contributed by atoms with Crippen LogP contribution in [0, 0.1) is 0 Å². The van der Waals surface area contributed by atoms with Crippen molar-refractivity contribution >= 4 is 17.5 Å². The molecule has 0 saturated heterocycles. The smallest absolute Gasteiger partial charge is 0.257 e. The Hall–Kier alpha value is -2.08. The zero-order chi connectivity index (χ0) is 17.9. The lowest BCUT2D eigenvalue weighted by atomic mass is 10.1. The van der Waals surface area contributed by atoms with Crippen LogP contribution in [-0.2, 0) is 9.53 Å². The average Bonchev–Trinajstić information content (AvgIpc) is 2.64. The molecule has 2 rings (SSSR count). The Morgan fingerprint density at radius 2 is 1.84 bits per heavy atom. The summed E-state index contributed by atoms with van der Waals surface area (Å²) in [5.41, 5.74) is 2.08. The van der Waals surface area contributed by atoms with Crippen LogP contribution in [0.4, 0.5) is 0 Å². The quantitative estimate of drug-likeness (QED) is 0.638. The number of nitrogens with one attached hydrogen (secondary N) is 2. The zero-order valence-corrected chi connectivity index (χ0v) is 15.0. The number of carbonyl (C=O) groups is 1. The lowest BCUT2D eigenvalue weighted by Crippen LogP contribution is -2.35. The first-order valence-corrected chi connectivity index (χ1v) is 8.52. The molecule has 5 nitrogen and oxygen atoms in total. The van der Waals surface area contributed by atoms with Crippen LogP contribution in [0.2, 0.25) is 5.02 Å². The number of benzene rings is 2. The highest BCUT2D eigenvalue weighted by atomic mass is 35.5. The van der Waals surface area contributed by atoms with Gasteiger partial charge in [0.25, 0.3) is 5.91 Å². The maximum Gasteiger partial charge on any atom is 0.257 e. The van der Waals surface area contributed by atoms with Crippen molar-refractivity contribution in [3.05, 3.63) is 53.6 Å². The van der Waals surface area contributed by atoms with Crippen molar-refractivity contribution in [1.29, 1.82) is 0 Å². The number of carbonyl (C=O) groups excluding carboxylic acids is 1. The summed E-state index contributed by atoms with van der Waals surface area (Å²) >= 11 is 6.26. The van der Waals surface area contributed by atoms with Crippen molar-refractivity contribution in [2.45, 2.75) is 0 Å². The van der Waals surface area contributed by atoms with Crippen molar-refractivity contribution in [2.24, 2.45) is 0 Å². The first-order valence-electron chi connectivity index (χ1n) is 8.15. The van der Waals surface area contributed by atoms with Crippen LogP contribution in [-0.4, -0.2) is 45.9 Å². The van der Waals surface area contributed by atoms with Crippen LogP contribution < -0.4 is 15.4 Å². The van der Waals surface area contributed by atoms with Crippen LogP contribution >= 0.6 is 11.6 Å². The SMILES string of the molecule is COCCNCCNC(=O)COc1ccc(-c2ccccc2)cc1Cl. The van der Waals surface area contributed by atoms with Gasteiger partial charge < -0.3 is 20.1 Å². The van der Waals surface area contributed by atoms with Gasteiger partial charge in [0, 0.05) is 26.7 Å². The number of ether oxygens (including phenoxy) is 2. The molecule has 0 saturated carbocycles. The van der Waals surface area contributed by atoms with Crippen LogP contribution in [0.3, 0.4) is 0 Å². The summed E-state index contributed by atoms with van der Waals surface area (Å²) in [6, 6.07) is 15.5. The summed E-state index contributed by atoms with van der Waals surface area (Å²) in [6.07, 6.45) is 0. The van der Waals surface area contributed by atoms with E-state index in [1.54, 1.807) is 13.2 Å². The highest BCUT2D eigenvalue weighted by molar-refractivity contribution is 6.32. The molecule has 2 N–H and O–H groups in total. The minimum Gasteiger partial charge on any atom is -0.482 e. The van der Waals surface area contributed by atoms with E-state index < -0.39 is 0 Å². The number of hydrogen-bond donors (Lipinski definition) is 2. The van der Waals surface area contributed by atoms with Crippen LogP contribution in [0.25, 0.3) is 11.1 Å². The van der Waals surface area contributed by atoms with E-state index in [-0.39, 0.29) is 12.5 Å². The van der Waals surface area contributed by atoms with Gasteiger partial charge in [-0.15, -0.1) is 0 Å². The maximum atomic E-state index is 11.8. The monoisotopic (exact) mass is 362 g/mol. The van der Waals surface area contributed by atoms with Crippen molar-refractivity contribution in [1.82, 2.24) is 10.6 Å². The lowest BCUT2D eigenvalue weighted by Gasteiger charge is -2.10. The van der Waals surface area contributed by atoms with Crippen LogP contribution in [0.5, 0.6) is 5.75 Å². The molecule has 134 valence electrons. The van der Waals surface area contributed by atoms with E-state index in [2.05, 4.69) is 10.6 Å². The second-order valence-corrected chi connectivity index (χ2v) is 5.80. The minimum atomic E-state index is -0.184. The summed E-state index contributed by atoms with van der Waals surface area (Å²) in [5, 5.41) is 6.40. The Morgan fingerprint density at radius 1 is 1.04 bits per heavy atom. The van der Waals surface area contributed by atoms with Gasteiger partial charge in [0.15, 0.2) is 6.61 Å². The van der Waals surface area contributed by atoms with E-state index in [1.807, 2.05) is 42.5 Å². The summed E-state index contributed by atoms with van der Waals surface area (Å²) in [4.78, 5) is 11.8. The average molecular weight is 363 g/mol. The first kappa shape index (κ1) is 19.2. The van der Waals surface area contributed by atoms with E-state index >= 15 is 0 Å². The van der Waals surface area contributed by atoms with Gasteiger partial charge in [0.2, 0.25) is 0 Å². The zero-order valence-electron chi connectivity index (χ0n) is 14.3. The molecule has 0 atom stereocenters. The minimum absolute atomic E-state index is 0.0670. The predicted octanol–water partition coefficient (Wildman–Crippen LogP) is 2.74. The maximum absolute atomic E-state index is 11.8. The molecule has 0 radical (unpaired) electrons. The second kappa shape index (κ2) is 10.7. The summed E-state index contributed by atoms with van der Waals surface area (Å²) in [7, 11) is 1.65. The summed E-state index contributed by atoms with van der Waals surface area (Å²) < 4.78 is 10.4. The number of methoxy groups -OCH3 is 1. The number of rotatable bonds is 10. The molecule has 0 fully saturated rings. The van der Waals surface area contributed by atoms with E-state index in [0.717, 1.165) is 17.7 Å². The molecule has 0 aliphatic rings. The fourth-order valence-electron chi connectivity index (χ4n) is 2.21. The first-order chi connectivity index (χ1) is 12.2. The molecule has 0 aliphatic carbocycles. The van der Waals surface area contributed by atoms with Gasteiger partial charge in [-0.25, -0.2) is 0 Å². The molecule has 0 spiro atoms. The Labute approximate surface area is 153 Å². The van der Waals surface area contributed by atoms with Gasteiger partial charge in [-0.2, -0.15) is 0 Å². The van der Waals surface area contributed by atoms with Gasteiger partial charge in [0.1, 0.15) is 5.75 Å². The highest BCUT2D eigenvalue weighted by Crippen LogP contribution is 2.30. The highest BCUT2D eigenvalue weighted by Gasteiger charge is 2.07. The fourth-order valence-corrected chi connectivity index (χ4v) is 2.45. The molecular formula is C19H23ClN2O3. The van der Waals surface area contributed by atoms with E-state index in [4.69, 9.17) is 21.1 Å². The second-order valence-electron chi connectivity index (χ2n) is 5.39. The van der Waals surface area contributed by atoms with Gasteiger partial charge >= 0.3 is 0 Å². The van der Waals surface area contributed by atoms with Crippen molar-refractivity contribution < 1.29 is 14.3 Å². The van der Waals surface area contributed by atoms with E-state index in [1.165, 1.54) is 0 Å². The van der Waals surface area contributed by atoms with Crippen LogP contribution in [0.1, 0.15) is 0 Å². The number of hydrogen-bond acceptors (Lipinski definition) is 4. The Bertz CT molecular complexity index is 665. The van der Waals surface area contributed by atoms with Gasteiger partial charge in [-0.05, 0) is 23.3 Å². The normalized spacial score (nSPS) is 10.5. The molecule has 1 amide bonds. The third kappa shape index (κ3) is 6.74. The Balaban J connectivity index is 1.76. The Kier molecular flexibility index (Phi) is 8.25. The fraction of sp³-hybridized carbons (Fsp3) is 0.316. The standard InChI is InChI=1S/C19H23ClN2O3/c1-24-12-11-21-9-10-22-19(23)14-25-18-8-7-16(13-17(18)20)15-5-3-2-4-6-15/h2-8,13,21H,9-12,14H2,1H3,(H,22,23). The molecule has 0 heterocycles. The van der Waals surface area contributed by atoms with Crippen molar-refractivity contribution in [3.8, 4) is 16.9 Å². The number of halogens is 1. The van der Waals surface area contributed by atoms with Gasteiger partial charge in [-0.1, -0.05) is 48.0 Å². The molecule has 25 heavy (non-hydrogen) atoms. The molecule has 6 heteroatoms. The molecule has 0 aromatic heterocycles. The molecule has 0 bridgehead atoms. The number of amides is 1.